The minimum atomic E-state index is -1.50. The van der Waals surface area contributed by atoms with E-state index in [9.17, 15) is 4.79 Å². The Hall–Kier alpha value is -0.440. The van der Waals surface area contributed by atoms with Crippen molar-refractivity contribution in [1.29, 1.82) is 0 Å². The molecule has 0 fully saturated rings. The van der Waals surface area contributed by atoms with Crippen LogP contribution >= 0.6 is 12.4 Å². The van der Waals surface area contributed by atoms with E-state index in [1.165, 1.54) is 0 Å². The summed E-state index contributed by atoms with van der Waals surface area (Å²) in [5, 5.41) is 8.98. The molecule has 0 aromatic heterocycles. The molecule has 0 bridgehead atoms. The normalized spacial score (nSPS) is 20.3. The molecule has 0 heterocycles. The smallest absolute Gasteiger partial charge is 0.323 e. The van der Waals surface area contributed by atoms with Gasteiger partial charge >= 0.3 is 5.97 Å². The van der Waals surface area contributed by atoms with Gasteiger partial charge in [-0.05, 0) is 0 Å². The Morgan fingerprint density at radius 2 is 1.83 bits per heavy atom. The van der Waals surface area contributed by atoms with Crippen LogP contribution in [0.15, 0.2) is 0 Å². The van der Waals surface area contributed by atoms with Crippen molar-refractivity contribution in [3.05, 3.63) is 0 Å². The quantitative estimate of drug-likeness (QED) is 0.591. The third kappa shape index (κ3) is 5.47. The van der Waals surface area contributed by atoms with E-state index in [2.05, 4.69) is 0 Å². The molecule has 4 atom stereocenters. The highest BCUT2D eigenvalue weighted by Crippen LogP contribution is 2.14. The molecule has 0 saturated heterocycles. The minimum Gasteiger partial charge on any atom is -0.480 e. The molecule has 0 spiro atoms. The molecular formula is C10H22ClNO6. The second-order valence-corrected chi connectivity index (χ2v) is 3.20. The Labute approximate surface area is 119 Å². The molecule has 0 aromatic rings. The third-order valence-corrected chi connectivity index (χ3v) is 2.21. The molecule has 0 aliphatic carbocycles. The molecule has 0 rings (SSSR count). The predicted octanol–water partition coefficient (Wildman–Crippen LogP) is -0.488. The zero-order valence-corrected chi connectivity index (χ0v) is 10.6. The lowest BCUT2D eigenvalue weighted by atomic mass is 10.0. The number of carbonyl (C=O) groups is 1. The fourth-order valence-corrected chi connectivity index (χ4v) is 1.31. The summed E-state index contributed by atoms with van der Waals surface area (Å²) >= 11 is 0. The molecular weight excluding hydrogens is 266 g/mol. The number of rotatable bonds is 9. The van der Waals surface area contributed by atoms with E-state index >= 15 is 0 Å². The van der Waals surface area contributed by atoms with Crippen LogP contribution in [-0.2, 0) is 23.7 Å². The highest BCUT2D eigenvalue weighted by Gasteiger charge is 2.37. The number of halogens is 1. The summed E-state index contributed by atoms with van der Waals surface area (Å²) in [5.41, 5.74) is 5.51. The summed E-state index contributed by atoms with van der Waals surface area (Å²) in [6.07, 6.45) is -3.31. The monoisotopic (exact) mass is 291 g/mol. The number of carboxylic acid groups (broad SMARTS) is 1. The van der Waals surface area contributed by atoms with Crippen molar-refractivity contribution < 1.29 is 34.3 Å². The number of carboxylic acids is 1. The molecule has 7 nitrogen and oxygen atoms in total. The number of methoxy groups -OCH3 is 4. The van der Waals surface area contributed by atoms with Crippen LogP contribution in [0.1, 0.15) is 5.48 Å². The summed E-state index contributed by atoms with van der Waals surface area (Å²) in [5.74, 6) is -1.36. The van der Waals surface area contributed by atoms with Crippen LogP contribution in [0.5, 0.6) is 0 Å². The van der Waals surface area contributed by atoms with E-state index < -0.39 is 51.6 Å². The van der Waals surface area contributed by atoms with Crippen molar-refractivity contribution in [2.75, 3.05) is 35.0 Å². The minimum absolute atomic E-state index is 0. The highest BCUT2D eigenvalue weighted by molar-refractivity contribution is 5.85. The fourth-order valence-electron chi connectivity index (χ4n) is 1.31. The zero-order valence-electron chi connectivity index (χ0n) is 13.8. The first-order valence-corrected chi connectivity index (χ1v) is 4.61. The van der Waals surface area contributed by atoms with Gasteiger partial charge in [-0.25, -0.2) is 0 Å². The van der Waals surface area contributed by atoms with Crippen LogP contribution in [0, 0.1) is 0 Å². The average molecular weight is 292 g/mol. The van der Waals surface area contributed by atoms with Crippen LogP contribution in [0.2, 0.25) is 0 Å². The number of ether oxygens (including phenoxy) is 4. The Bertz CT molecular complexity index is 294. The maximum Gasteiger partial charge on any atom is 0.323 e. The molecule has 8 heteroatoms. The van der Waals surface area contributed by atoms with Crippen LogP contribution in [0.4, 0.5) is 0 Å². The Kier molecular flexibility index (Phi) is 7.33. The molecule has 0 aliphatic heterocycles. The van der Waals surface area contributed by atoms with Crippen LogP contribution in [0.3, 0.4) is 0 Å². The van der Waals surface area contributed by atoms with E-state index in [1.54, 1.807) is 0 Å². The molecule has 0 aliphatic rings. The van der Waals surface area contributed by atoms with Crippen LogP contribution < -0.4 is 5.73 Å². The number of nitrogens with two attached hydrogens (primary N) is 1. The fraction of sp³-hybridized carbons (Fsp3) is 0.900. The average Bonchev–Trinajstić information content (AvgIpc) is 2.46. The van der Waals surface area contributed by atoms with Gasteiger partial charge in [0.25, 0.3) is 0 Å². The van der Waals surface area contributed by atoms with E-state index in [-0.39, 0.29) is 26.1 Å². The Balaban J connectivity index is 0. The molecule has 0 saturated carbocycles. The van der Waals surface area contributed by atoms with E-state index in [0.29, 0.717) is 0 Å². The van der Waals surface area contributed by atoms with Gasteiger partial charge in [0.05, 0.1) is 12.1 Å². The van der Waals surface area contributed by atoms with E-state index in [0.717, 1.165) is 0 Å². The molecule has 3 N–H and O–H groups in total. The summed E-state index contributed by atoms with van der Waals surface area (Å²) in [6.45, 7) is -0.156. The second kappa shape index (κ2) is 10.5. The van der Waals surface area contributed by atoms with Gasteiger partial charge < -0.3 is 29.8 Å². The number of hydrogen-bond acceptors (Lipinski definition) is 6. The van der Waals surface area contributed by atoms with Crippen molar-refractivity contribution >= 4 is 18.4 Å². The molecule has 0 amide bonds. The van der Waals surface area contributed by atoms with Gasteiger partial charge in [-0.2, -0.15) is 0 Å². The van der Waals surface area contributed by atoms with Crippen molar-refractivity contribution in [2.24, 2.45) is 5.73 Å². The second-order valence-electron chi connectivity index (χ2n) is 3.20. The standard InChI is InChI=1S/C10H21NO6.ClH/c1-14-5-6(15-2)8(16-3)9(17-4)7(11)10(12)13;/h6-9H,5,11H2,1-4H3,(H,12,13);1H/t6-,7-,8-,9-;/m1./s1/i1D,2D,3D,4D;. The lowest BCUT2D eigenvalue weighted by molar-refractivity contribution is -0.155. The van der Waals surface area contributed by atoms with Gasteiger partial charge in [-0.15, -0.1) is 12.4 Å². The molecule has 0 aromatic carbocycles. The first kappa shape index (κ1) is 12.6. The van der Waals surface area contributed by atoms with Crippen molar-refractivity contribution in [2.45, 2.75) is 24.4 Å². The predicted molar refractivity (Wildman–Crippen MR) is 67.1 cm³/mol. The number of hydrogen-bond donors (Lipinski definition) is 2. The maximum absolute atomic E-state index is 11.0. The molecule has 0 radical (unpaired) electrons. The zero-order chi connectivity index (χ0) is 16.3. The van der Waals surface area contributed by atoms with Gasteiger partial charge in [0.2, 0.25) is 0 Å². The Morgan fingerprint density at radius 3 is 2.33 bits per heavy atom. The van der Waals surface area contributed by atoms with Gasteiger partial charge in [-0.3, -0.25) is 4.79 Å². The topological polar surface area (TPSA) is 100 Å². The lowest BCUT2D eigenvalue weighted by Gasteiger charge is -2.32. The SMILES string of the molecule is Cl.[2H]COC[C@@H](OC[2H])[C@@H](OC[2H])[C@H](OC[2H])[C@@H](N)C(=O)O. The van der Waals surface area contributed by atoms with Crippen molar-refractivity contribution in [3.63, 3.8) is 0 Å². The summed E-state index contributed by atoms with van der Waals surface area (Å²) in [7, 11) is -1.90. The van der Waals surface area contributed by atoms with Gasteiger partial charge in [0, 0.05) is 28.3 Å². The van der Waals surface area contributed by atoms with Gasteiger partial charge in [-0.1, -0.05) is 0 Å². The van der Waals surface area contributed by atoms with Gasteiger partial charge in [0.15, 0.2) is 0 Å². The van der Waals surface area contributed by atoms with E-state index in [4.69, 9.17) is 35.3 Å². The number of aliphatic carboxylic acids is 1. The Morgan fingerprint density at radius 1 is 1.22 bits per heavy atom. The summed E-state index contributed by atoms with van der Waals surface area (Å²) in [4.78, 5) is 11.0. The summed E-state index contributed by atoms with van der Waals surface area (Å²) in [6, 6.07) is -1.50. The summed E-state index contributed by atoms with van der Waals surface area (Å²) < 4.78 is 48.2. The van der Waals surface area contributed by atoms with E-state index in [1.807, 2.05) is 0 Å². The third-order valence-electron chi connectivity index (χ3n) is 2.21. The highest BCUT2D eigenvalue weighted by atomic mass is 35.5. The first-order chi connectivity index (χ1) is 10.0. The van der Waals surface area contributed by atoms with Crippen molar-refractivity contribution in [1.82, 2.24) is 0 Å². The lowest BCUT2D eigenvalue weighted by Crippen LogP contribution is -2.54. The maximum atomic E-state index is 11.0. The molecule has 18 heavy (non-hydrogen) atoms. The molecule has 0 unspecified atom stereocenters. The first-order valence-electron chi connectivity index (χ1n) is 7.44. The van der Waals surface area contributed by atoms with Crippen LogP contribution in [0.25, 0.3) is 0 Å². The largest absolute Gasteiger partial charge is 0.480 e. The van der Waals surface area contributed by atoms with Crippen molar-refractivity contribution in [3.8, 4) is 0 Å². The molecule has 110 valence electrons. The van der Waals surface area contributed by atoms with Crippen LogP contribution in [-0.4, -0.2) is 70.4 Å². The van der Waals surface area contributed by atoms with Gasteiger partial charge in [0.1, 0.15) is 24.4 Å².